The monoisotopic (exact) mass is 398 g/mol. The maximum absolute atomic E-state index is 12.5. The molecule has 1 aliphatic heterocycles. The van der Waals surface area contributed by atoms with E-state index in [2.05, 4.69) is 5.32 Å². The van der Waals surface area contributed by atoms with Gasteiger partial charge in [0.2, 0.25) is 11.8 Å². The Balaban J connectivity index is 1.64. The fourth-order valence-electron chi connectivity index (χ4n) is 3.27. The average molecular weight is 398 g/mol. The number of nitrogens with zero attached hydrogens (tertiary/aromatic N) is 1. The van der Waals surface area contributed by atoms with E-state index in [1.807, 2.05) is 0 Å². The molecule has 0 saturated carbocycles. The van der Waals surface area contributed by atoms with E-state index < -0.39 is 11.9 Å². The summed E-state index contributed by atoms with van der Waals surface area (Å²) < 4.78 is 10.5. The summed E-state index contributed by atoms with van der Waals surface area (Å²) >= 11 is 0. The van der Waals surface area contributed by atoms with Crippen LogP contribution in [0.2, 0.25) is 0 Å². The largest absolute Gasteiger partial charge is 0.493 e. The first-order valence-corrected chi connectivity index (χ1v) is 9.05. The van der Waals surface area contributed by atoms with Crippen LogP contribution in [0, 0.1) is 5.92 Å². The molecule has 2 aromatic carbocycles. The molecule has 8 nitrogen and oxygen atoms in total. The molecule has 0 bridgehead atoms. The highest BCUT2D eigenvalue weighted by Gasteiger charge is 2.35. The average Bonchev–Trinajstić information content (AvgIpc) is 3.13. The number of nitrogens with one attached hydrogen (secondary N) is 1. The van der Waals surface area contributed by atoms with Gasteiger partial charge >= 0.3 is 5.97 Å². The molecule has 0 aromatic heterocycles. The Morgan fingerprint density at radius 3 is 2.59 bits per heavy atom. The van der Waals surface area contributed by atoms with Crippen molar-refractivity contribution < 1.29 is 29.0 Å². The quantitative estimate of drug-likeness (QED) is 0.740. The second-order valence-corrected chi connectivity index (χ2v) is 6.67. The summed E-state index contributed by atoms with van der Waals surface area (Å²) in [5, 5.41) is 11.8. The van der Waals surface area contributed by atoms with Gasteiger partial charge in [0.05, 0.1) is 25.7 Å². The highest BCUT2D eigenvalue weighted by atomic mass is 16.5. The van der Waals surface area contributed by atoms with Crippen LogP contribution in [0.1, 0.15) is 22.3 Å². The van der Waals surface area contributed by atoms with E-state index >= 15 is 0 Å². The molecule has 1 heterocycles. The second kappa shape index (κ2) is 8.64. The number of benzene rings is 2. The summed E-state index contributed by atoms with van der Waals surface area (Å²) in [6.45, 7) is 0.455. The first-order chi connectivity index (χ1) is 13.9. The van der Waals surface area contributed by atoms with Crippen LogP contribution in [0.3, 0.4) is 0 Å². The molecule has 152 valence electrons. The molecule has 1 atom stereocenters. The van der Waals surface area contributed by atoms with Crippen LogP contribution in [0.15, 0.2) is 42.5 Å². The Morgan fingerprint density at radius 1 is 1.14 bits per heavy atom. The maximum Gasteiger partial charge on any atom is 0.335 e. The molecule has 3 rings (SSSR count). The highest BCUT2D eigenvalue weighted by molar-refractivity contribution is 6.00. The zero-order valence-corrected chi connectivity index (χ0v) is 16.2. The van der Waals surface area contributed by atoms with E-state index in [4.69, 9.17) is 14.6 Å². The summed E-state index contributed by atoms with van der Waals surface area (Å²) in [6, 6.07) is 11.5. The van der Waals surface area contributed by atoms with Gasteiger partial charge in [-0.3, -0.25) is 9.59 Å². The molecule has 1 aliphatic rings. The Morgan fingerprint density at radius 2 is 1.90 bits per heavy atom. The van der Waals surface area contributed by atoms with E-state index in [9.17, 15) is 14.4 Å². The molecular formula is C21H22N2O6. The minimum atomic E-state index is -1.02. The molecule has 2 N–H and O–H groups in total. The standard InChI is InChI=1S/C21H22N2O6/c1-28-17-7-6-16(10-18(17)29-2)23-12-15(9-19(23)24)20(25)22-11-13-4-3-5-14(8-13)21(26)27/h3-8,10,15H,9,11-12H2,1-2H3,(H,22,25)(H,26,27)/t15-/m0/s1. The summed E-state index contributed by atoms with van der Waals surface area (Å²) in [5.74, 6) is -0.847. The van der Waals surface area contributed by atoms with Crippen molar-refractivity contribution in [2.24, 2.45) is 5.92 Å². The van der Waals surface area contributed by atoms with Crippen molar-refractivity contribution in [1.29, 1.82) is 0 Å². The van der Waals surface area contributed by atoms with Crippen LogP contribution in [-0.4, -0.2) is 43.7 Å². The number of amides is 2. The Labute approximate surface area is 168 Å². The molecular weight excluding hydrogens is 376 g/mol. The molecule has 0 radical (unpaired) electrons. The van der Waals surface area contributed by atoms with Crippen LogP contribution >= 0.6 is 0 Å². The predicted octanol–water partition coefficient (Wildman–Crippen LogP) is 2.07. The van der Waals surface area contributed by atoms with Crippen molar-refractivity contribution in [2.45, 2.75) is 13.0 Å². The van der Waals surface area contributed by atoms with E-state index in [0.717, 1.165) is 0 Å². The molecule has 2 aromatic rings. The van der Waals surface area contributed by atoms with Gasteiger partial charge in [0.1, 0.15) is 0 Å². The number of aromatic carboxylic acids is 1. The number of carboxylic acid groups (broad SMARTS) is 1. The van der Waals surface area contributed by atoms with Gasteiger partial charge in [-0.25, -0.2) is 4.79 Å². The molecule has 29 heavy (non-hydrogen) atoms. The fraction of sp³-hybridized carbons (Fsp3) is 0.286. The van der Waals surface area contributed by atoms with Crippen molar-refractivity contribution >= 4 is 23.5 Å². The fourth-order valence-corrected chi connectivity index (χ4v) is 3.27. The van der Waals surface area contributed by atoms with Crippen LogP contribution < -0.4 is 19.7 Å². The summed E-state index contributed by atoms with van der Waals surface area (Å²) in [5.41, 5.74) is 1.48. The number of anilines is 1. The maximum atomic E-state index is 12.5. The topological polar surface area (TPSA) is 105 Å². The van der Waals surface area contributed by atoms with Gasteiger partial charge in [0.15, 0.2) is 11.5 Å². The van der Waals surface area contributed by atoms with Crippen LogP contribution in [-0.2, 0) is 16.1 Å². The molecule has 8 heteroatoms. The van der Waals surface area contributed by atoms with Crippen LogP contribution in [0.4, 0.5) is 5.69 Å². The number of hydrogen-bond donors (Lipinski definition) is 2. The van der Waals surface area contributed by atoms with Crippen molar-refractivity contribution in [3.8, 4) is 11.5 Å². The lowest BCUT2D eigenvalue weighted by Crippen LogP contribution is -2.32. The van der Waals surface area contributed by atoms with Gasteiger partial charge in [-0.2, -0.15) is 0 Å². The van der Waals surface area contributed by atoms with E-state index in [-0.39, 0.29) is 36.9 Å². The second-order valence-electron chi connectivity index (χ2n) is 6.67. The Kier molecular flexibility index (Phi) is 6.01. The lowest BCUT2D eigenvalue weighted by atomic mass is 10.1. The van der Waals surface area contributed by atoms with E-state index in [0.29, 0.717) is 22.7 Å². The number of rotatable bonds is 7. The third-order valence-corrected chi connectivity index (χ3v) is 4.82. The van der Waals surface area contributed by atoms with Gasteiger partial charge in [-0.1, -0.05) is 12.1 Å². The summed E-state index contributed by atoms with van der Waals surface area (Å²) in [6.07, 6.45) is 0.106. The summed E-state index contributed by atoms with van der Waals surface area (Å²) in [7, 11) is 3.05. The molecule has 1 saturated heterocycles. The van der Waals surface area contributed by atoms with Gasteiger partial charge in [-0.05, 0) is 29.8 Å². The molecule has 0 unspecified atom stereocenters. The predicted molar refractivity (Wildman–Crippen MR) is 105 cm³/mol. The summed E-state index contributed by atoms with van der Waals surface area (Å²) in [4.78, 5) is 37.6. The normalized spacial score (nSPS) is 15.9. The van der Waals surface area contributed by atoms with Gasteiger partial charge in [0.25, 0.3) is 0 Å². The Bertz CT molecular complexity index is 943. The number of methoxy groups -OCH3 is 2. The lowest BCUT2D eigenvalue weighted by molar-refractivity contribution is -0.126. The first kappa shape index (κ1) is 20.2. The van der Waals surface area contributed by atoms with Crippen molar-refractivity contribution in [3.63, 3.8) is 0 Å². The Hall–Kier alpha value is -3.55. The SMILES string of the molecule is COc1ccc(N2C[C@@H](C(=O)NCc3cccc(C(=O)O)c3)CC2=O)cc1OC. The van der Waals surface area contributed by atoms with Gasteiger partial charge in [0, 0.05) is 31.3 Å². The smallest absolute Gasteiger partial charge is 0.335 e. The minimum Gasteiger partial charge on any atom is -0.493 e. The minimum absolute atomic E-state index is 0.106. The molecule has 0 aliphatic carbocycles. The molecule has 1 fully saturated rings. The van der Waals surface area contributed by atoms with Crippen molar-refractivity contribution in [2.75, 3.05) is 25.7 Å². The van der Waals surface area contributed by atoms with Crippen LogP contribution in [0.5, 0.6) is 11.5 Å². The van der Waals surface area contributed by atoms with E-state index in [1.165, 1.54) is 26.4 Å². The van der Waals surface area contributed by atoms with Gasteiger partial charge < -0.3 is 24.8 Å². The lowest BCUT2D eigenvalue weighted by Gasteiger charge is -2.18. The van der Waals surface area contributed by atoms with Gasteiger partial charge in [-0.15, -0.1) is 0 Å². The number of ether oxygens (including phenoxy) is 2. The van der Waals surface area contributed by atoms with Crippen molar-refractivity contribution in [3.05, 3.63) is 53.6 Å². The number of hydrogen-bond acceptors (Lipinski definition) is 5. The van der Waals surface area contributed by atoms with E-state index in [1.54, 1.807) is 35.2 Å². The van der Waals surface area contributed by atoms with Crippen LogP contribution in [0.25, 0.3) is 0 Å². The first-order valence-electron chi connectivity index (χ1n) is 9.05. The third kappa shape index (κ3) is 4.48. The molecule has 2 amide bonds. The number of carbonyl (C=O) groups is 3. The van der Waals surface area contributed by atoms with Crippen molar-refractivity contribution in [1.82, 2.24) is 5.32 Å². The highest BCUT2D eigenvalue weighted by Crippen LogP contribution is 2.34. The molecule has 0 spiro atoms. The third-order valence-electron chi connectivity index (χ3n) is 4.82. The zero-order chi connectivity index (χ0) is 21.0. The number of carbonyl (C=O) groups excluding carboxylic acids is 2. The zero-order valence-electron chi connectivity index (χ0n) is 16.2. The number of carboxylic acids is 1.